The van der Waals surface area contributed by atoms with E-state index in [0.29, 0.717) is 36.3 Å². The predicted molar refractivity (Wildman–Crippen MR) is 94.5 cm³/mol. The molecule has 124 valence electrons. The Kier molecular flexibility index (Phi) is 5.60. The third-order valence-electron chi connectivity index (χ3n) is 3.55. The van der Waals surface area contributed by atoms with Gasteiger partial charge in [0, 0.05) is 25.2 Å². The fourth-order valence-corrected chi connectivity index (χ4v) is 2.72. The number of likely N-dealkylation sites (N-methyl/N-ethyl adjacent to an activating group) is 2. The van der Waals surface area contributed by atoms with Gasteiger partial charge in [-0.1, -0.05) is 0 Å². The van der Waals surface area contributed by atoms with Gasteiger partial charge in [-0.25, -0.2) is 0 Å². The first-order valence-corrected chi connectivity index (χ1v) is 8.15. The molecule has 0 saturated carbocycles. The normalized spacial score (nSPS) is 16.4. The van der Waals surface area contributed by atoms with Crippen molar-refractivity contribution in [3.05, 3.63) is 29.5 Å². The van der Waals surface area contributed by atoms with Crippen molar-refractivity contribution in [3.8, 4) is 11.5 Å². The van der Waals surface area contributed by atoms with Crippen LogP contribution in [0.5, 0.6) is 11.5 Å². The van der Waals surface area contributed by atoms with E-state index in [1.54, 1.807) is 16.8 Å². The zero-order valence-electron chi connectivity index (χ0n) is 14.0. The Labute approximate surface area is 142 Å². The van der Waals surface area contributed by atoms with E-state index in [1.165, 1.54) is 0 Å². The largest absolute Gasteiger partial charge is 0.494 e. The summed E-state index contributed by atoms with van der Waals surface area (Å²) >= 11 is 5.31. The smallest absolute Gasteiger partial charge is 0.276 e. The van der Waals surface area contributed by atoms with Gasteiger partial charge in [-0.3, -0.25) is 9.69 Å². The second-order valence-corrected chi connectivity index (χ2v) is 5.35. The molecule has 1 fully saturated rings. The van der Waals surface area contributed by atoms with E-state index in [1.807, 2.05) is 45.0 Å². The van der Waals surface area contributed by atoms with Crippen molar-refractivity contribution < 1.29 is 14.3 Å². The summed E-state index contributed by atoms with van der Waals surface area (Å²) in [7, 11) is 1.80. The van der Waals surface area contributed by atoms with Gasteiger partial charge in [0.25, 0.3) is 5.91 Å². The van der Waals surface area contributed by atoms with Crippen LogP contribution in [0.3, 0.4) is 0 Å². The second-order valence-electron chi connectivity index (χ2n) is 4.99. The molecule has 1 saturated heterocycles. The van der Waals surface area contributed by atoms with Crippen molar-refractivity contribution in [2.24, 2.45) is 0 Å². The third kappa shape index (κ3) is 3.47. The van der Waals surface area contributed by atoms with Crippen LogP contribution in [-0.4, -0.2) is 47.6 Å². The fourth-order valence-electron chi connectivity index (χ4n) is 2.41. The highest BCUT2D eigenvalue weighted by Gasteiger charge is 2.34. The molecule has 2 rings (SSSR count). The minimum Gasteiger partial charge on any atom is -0.494 e. The van der Waals surface area contributed by atoms with Crippen LogP contribution >= 0.6 is 12.2 Å². The third-order valence-corrected chi connectivity index (χ3v) is 4.04. The molecule has 0 N–H and O–H groups in total. The number of nitrogens with zero attached hydrogens (tertiary/aromatic N) is 2. The molecular formula is C17H22N2O3S. The molecule has 6 heteroatoms. The molecule has 23 heavy (non-hydrogen) atoms. The Morgan fingerprint density at radius 2 is 1.87 bits per heavy atom. The second kappa shape index (κ2) is 7.46. The number of benzene rings is 1. The summed E-state index contributed by atoms with van der Waals surface area (Å²) in [5.41, 5.74) is 1.37. The van der Waals surface area contributed by atoms with Crippen molar-refractivity contribution in [1.82, 2.24) is 9.80 Å². The molecular weight excluding hydrogens is 312 g/mol. The van der Waals surface area contributed by atoms with Crippen LogP contribution in [0.15, 0.2) is 23.9 Å². The van der Waals surface area contributed by atoms with E-state index in [0.717, 1.165) is 11.3 Å². The van der Waals surface area contributed by atoms with Crippen LogP contribution < -0.4 is 9.47 Å². The van der Waals surface area contributed by atoms with Crippen LogP contribution in [0.25, 0.3) is 6.08 Å². The molecule has 0 bridgehead atoms. The quantitative estimate of drug-likeness (QED) is 0.591. The Hall–Kier alpha value is -2.08. The zero-order chi connectivity index (χ0) is 17.0. The fraction of sp³-hybridized carbons (Fsp3) is 0.412. The van der Waals surface area contributed by atoms with E-state index in [-0.39, 0.29) is 5.91 Å². The molecule has 0 spiro atoms. The Morgan fingerprint density at radius 1 is 1.17 bits per heavy atom. The molecule has 1 aromatic carbocycles. The number of thiocarbonyl (C=S) groups is 1. The summed E-state index contributed by atoms with van der Waals surface area (Å²) in [5.74, 6) is 1.35. The summed E-state index contributed by atoms with van der Waals surface area (Å²) in [6, 6.07) is 5.60. The molecule has 0 unspecified atom stereocenters. The molecule has 1 aliphatic rings. The zero-order valence-corrected chi connectivity index (χ0v) is 14.8. The monoisotopic (exact) mass is 334 g/mol. The highest BCUT2D eigenvalue weighted by Crippen LogP contribution is 2.29. The van der Waals surface area contributed by atoms with E-state index >= 15 is 0 Å². The maximum atomic E-state index is 12.5. The lowest BCUT2D eigenvalue weighted by atomic mass is 10.1. The number of amides is 1. The first-order valence-electron chi connectivity index (χ1n) is 7.74. The molecule has 1 amide bonds. The number of ether oxygens (including phenoxy) is 2. The Bertz CT molecular complexity index is 643. The van der Waals surface area contributed by atoms with Crippen molar-refractivity contribution in [3.63, 3.8) is 0 Å². The lowest BCUT2D eigenvalue weighted by molar-refractivity contribution is -0.122. The van der Waals surface area contributed by atoms with Gasteiger partial charge in [0.2, 0.25) is 0 Å². The van der Waals surface area contributed by atoms with Gasteiger partial charge in [0.1, 0.15) is 17.2 Å². The number of rotatable bonds is 6. The van der Waals surface area contributed by atoms with Crippen molar-refractivity contribution in [2.75, 3.05) is 26.8 Å². The summed E-state index contributed by atoms with van der Waals surface area (Å²) < 4.78 is 11.2. The summed E-state index contributed by atoms with van der Waals surface area (Å²) in [6.07, 6.45) is 1.81. The van der Waals surface area contributed by atoms with Crippen molar-refractivity contribution in [1.29, 1.82) is 0 Å². The lowest BCUT2D eigenvalue weighted by Gasteiger charge is -2.14. The van der Waals surface area contributed by atoms with Crippen LogP contribution in [0, 0.1) is 0 Å². The first-order chi connectivity index (χ1) is 11.0. The highest BCUT2D eigenvalue weighted by molar-refractivity contribution is 7.80. The molecule has 5 nitrogen and oxygen atoms in total. The standard InChI is InChI=1S/C17H22N2O3S/c1-5-19-16(20)14(18(4)17(19)23)10-12-8-9-13(21-6-2)11-15(12)22-7-3/h8-11H,5-7H2,1-4H3/b14-10-. The first kappa shape index (κ1) is 17.3. The SMILES string of the molecule is CCOc1ccc(/C=C2/C(=O)N(CC)C(=S)N2C)c(OCC)c1. The molecule has 0 radical (unpaired) electrons. The molecule has 0 aliphatic carbocycles. The maximum Gasteiger partial charge on any atom is 0.276 e. The average Bonchev–Trinajstić information content (AvgIpc) is 2.73. The minimum absolute atomic E-state index is 0.0867. The summed E-state index contributed by atoms with van der Waals surface area (Å²) in [4.78, 5) is 15.8. The van der Waals surface area contributed by atoms with Crippen LogP contribution in [0.2, 0.25) is 0 Å². The van der Waals surface area contributed by atoms with Crippen LogP contribution in [0.4, 0.5) is 0 Å². The molecule has 0 atom stereocenters. The molecule has 1 aromatic rings. The van der Waals surface area contributed by atoms with Gasteiger partial charge in [0.05, 0.1) is 13.2 Å². The van der Waals surface area contributed by atoms with Gasteiger partial charge in [0.15, 0.2) is 5.11 Å². The summed E-state index contributed by atoms with van der Waals surface area (Å²) in [5, 5.41) is 0.521. The highest BCUT2D eigenvalue weighted by atomic mass is 32.1. The molecule has 1 heterocycles. The molecule has 0 aromatic heterocycles. The number of carbonyl (C=O) groups is 1. The van der Waals surface area contributed by atoms with Gasteiger partial charge in [-0.2, -0.15) is 0 Å². The van der Waals surface area contributed by atoms with E-state index in [9.17, 15) is 4.79 Å². The van der Waals surface area contributed by atoms with Gasteiger partial charge in [-0.05, 0) is 51.2 Å². The topological polar surface area (TPSA) is 42.0 Å². The Balaban J connectivity index is 2.41. The average molecular weight is 334 g/mol. The number of hydrogen-bond donors (Lipinski definition) is 0. The lowest BCUT2D eigenvalue weighted by Crippen LogP contribution is -2.30. The molecule has 1 aliphatic heterocycles. The van der Waals surface area contributed by atoms with E-state index in [4.69, 9.17) is 21.7 Å². The van der Waals surface area contributed by atoms with Crippen LogP contribution in [-0.2, 0) is 4.79 Å². The van der Waals surface area contributed by atoms with Crippen LogP contribution in [0.1, 0.15) is 26.3 Å². The van der Waals surface area contributed by atoms with Gasteiger partial charge < -0.3 is 14.4 Å². The minimum atomic E-state index is -0.0867. The van der Waals surface area contributed by atoms with Crippen molar-refractivity contribution in [2.45, 2.75) is 20.8 Å². The van der Waals surface area contributed by atoms with E-state index < -0.39 is 0 Å². The van der Waals surface area contributed by atoms with Crippen molar-refractivity contribution >= 4 is 29.3 Å². The van der Waals surface area contributed by atoms with Gasteiger partial charge >= 0.3 is 0 Å². The van der Waals surface area contributed by atoms with Gasteiger partial charge in [-0.15, -0.1) is 0 Å². The Morgan fingerprint density at radius 3 is 2.43 bits per heavy atom. The summed E-state index contributed by atoms with van der Waals surface area (Å²) in [6.45, 7) is 7.44. The predicted octanol–water partition coefficient (Wildman–Crippen LogP) is 2.90. The van der Waals surface area contributed by atoms with E-state index in [2.05, 4.69) is 0 Å². The number of carbonyl (C=O) groups excluding carboxylic acids is 1. The maximum absolute atomic E-state index is 12.5. The number of hydrogen-bond acceptors (Lipinski definition) is 4.